The number of nitrogens with one attached hydrogen (secondary N) is 1. The molecular weight excluding hydrogens is 250 g/mol. The Bertz CT molecular complexity index is 598. The minimum atomic E-state index is 0.110. The molecule has 0 atom stereocenters. The van der Waals surface area contributed by atoms with E-state index in [1.54, 1.807) is 12.4 Å². The number of nitrogens with zero attached hydrogens (tertiary/aromatic N) is 2. The molecule has 0 spiro atoms. The molecule has 0 saturated heterocycles. The summed E-state index contributed by atoms with van der Waals surface area (Å²) in [5.74, 6) is 0.110. The Balaban J connectivity index is 1.87. The summed E-state index contributed by atoms with van der Waals surface area (Å²) in [5, 5.41) is 3.37. The molecule has 1 N–H and O–H groups in total. The zero-order valence-electron chi connectivity index (χ0n) is 11.2. The van der Waals surface area contributed by atoms with E-state index in [1.165, 1.54) is 0 Å². The number of carbonyl (C=O) groups excluding carboxylic acids is 1. The van der Waals surface area contributed by atoms with Gasteiger partial charge in [-0.3, -0.25) is 9.78 Å². The van der Waals surface area contributed by atoms with Crippen molar-refractivity contribution in [1.29, 1.82) is 0 Å². The van der Waals surface area contributed by atoms with Gasteiger partial charge in [0, 0.05) is 44.1 Å². The van der Waals surface area contributed by atoms with Gasteiger partial charge in [0.2, 0.25) is 0 Å². The highest BCUT2D eigenvalue weighted by molar-refractivity contribution is 5.95. The van der Waals surface area contributed by atoms with E-state index in [-0.39, 0.29) is 5.91 Å². The molecule has 2 heterocycles. The van der Waals surface area contributed by atoms with Gasteiger partial charge in [-0.2, -0.15) is 0 Å². The number of carbonyl (C=O) groups is 1. The summed E-state index contributed by atoms with van der Waals surface area (Å²) in [7, 11) is 0. The summed E-state index contributed by atoms with van der Waals surface area (Å²) in [4.78, 5) is 18.6. The molecule has 1 amide bonds. The summed E-state index contributed by atoms with van der Waals surface area (Å²) < 4.78 is 0. The maximum absolute atomic E-state index is 12.7. The van der Waals surface area contributed by atoms with Crippen LogP contribution in [0, 0.1) is 0 Å². The molecule has 0 aliphatic carbocycles. The maximum atomic E-state index is 12.7. The van der Waals surface area contributed by atoms with E-state index < -0.39 is 0 Å². The third kappa shape index (κ3) is 2.70. The smallest absolute Gasteiger partial charge is 0.254 e. The molecule has 1 aliphatic rings. The summed E-state index contributed by atoms with van der Waals surface area (Å²) >= 11 is 0. The third-order valence-corrected chi connectivity index (χ3v) is 3.53. The Morgan fingerprint density at radius 3 is 2.80 bits per heavy atom. The Morgan fingerprint density at radius 1 is 1.15 bits per heavy atom. The van der Waals surface area contributed by atoms with Crippen molar-refractivity contribution >= 4 is 5.91 Å². The first kappa shape index (κ1) is 12.8. The summed E-state index contributed by atoms with van der Waals surface area (Å²) in [6.07, 6.45) is 3.52. The number of rotatable bonds is 2. The number of fused-ring (bicyclic) bond motifs is 1. The van der Waals surface area contributed by atoms with Crippen molar-refractivity contribution in [3.63, 3.8) is 0 Å². The normalized spacial score (nSPS) is 15.4. The van der Waals surface area contributed by atoms with Gasteiger partial charge < -0.3 is 10.2 Å². The largest absolute Gasteiger partial charge is 0.333 e. The van der Waals surface area contributed by atoms with Gasteiger partial charge in [0.25, 0.3) is 5.91 Å². The van der Waals surface area contributed by atoms with Gasteiger partial charge in [0.1, 0.15) is 0 Å². The lowest BCUT2D eigenvalue weighted by Crippen LogP contribution is -2.39. The zero-order chi connectivity index (χ0) is 13.8. The average Bonchev–Trinajstić information content (AvgIpc) is 2.49. The van der Waals surface area contributed by atoms with Crippen LogP contribution < -0.4 is 5.32 Å². The minimum absolute atomic E-state index is 0.110. The summed E-state index contributed by atoms with van der Waals surface area (Å²) in [5.41, 5.74) is 2.97. The zero-order valence-corrected chi connectivity index (χ0v) is 11.2. The lowest BCUT2D eigenvalue weighted by molar-refractivity contribution is 0.0738. The van der Waals surface area contributed by atoms with E-state index in [1.807, 2.05) is 41.3 Å². The van der Waals surface area contributed by atoms with Gasteiger partial charge in [0.05, 0.1) is 0 Å². The van der Waals surface area contributed by atoms with Gasteiger partial charge in [-0.1, -0.05) is 18.2 Å². The fraction of sp³-hybridized carbons (Fsp3) is 0.250. The van der Waals surface area contributed by atoms with Crippen LogP contribution in [0.15, 0.2) is 48.8 Å². The topological polar surface area (TPSA) is 45.2 Å². The third-order valence-electron chi connectivity index (χ3n) is 3.53. The quantitative estimate of drug-likeness (QED) is 0.903. The van der Waals surface area contributed by atoms with E-state index in [0.29, 0.717) is 6.54 Å². The van der Waals surface area contributed by atoms with E-state index in [4.69, 9.17) is 0 Å². The molecule has 1 aromatic carbocycles. The van der Waals surface area contributed by atoms with Crippen LogP contribution in [0.3, 0.4) is 0 Å². The fourth-order valence-electron chi connectivity index (χ4n) is 2.45. The molecule has 0 saturated carbocycles. The predicted octanol–water partition coefficient (Wildman–Crippen LogP) is 1.83. The first-order valence-electron chi connectivity index (χ1n) is 6.81. The van der Waals surface area contributed by atoms with Crippen LogP contribution in [0.4, 0.5) is 0 Å². The second-order valence-electron chi connectivity index (χ2n) is 4.92. The van der Waals surface area contributed by atoms with Crippen LogP contribution in [-0.2, 0) is 13.1 Å². The lowest BCUT2D eigenvalue weighted by Gasteiger charge is -2.26. The minimum Gasteiger partial charge on any atom is -0.333 e. The molecular formula is C16H17N3O. The summed E-state index contributed by atoms with van der Waals surface area (Å²) in [6, 6.07) is 11.7. The summed E-state index contributed by atoms with van der Waals surface area (Å²) in [6.45, 7) is 2.91. The first-order valence-corrected chi connectivity index (χ1v) is 6.81. The van der Waals surface area contributed by atoms with Crippen LogP contribution >= 0.6 is 0 Å². The monoisotopic (exact) mass is 267 g/mol. The molecule has 0 radical (unpaired) electrons. The van der Waals surface area contributed by atoms with E-state index in [9.17, 15) is 4.79 Å². The molecule has 1 aromatic heterocycles. The van der Waals surface area contributed by atoms with Crippen LogP contribution in [0.5, 0.6) is 0 Å². The van der Waals surface area contributed by atoms with E-state index in [2.05, 4.69) is 10.3 Å². The lowest BCUT2D eigenvalue weighted by atomic mass is 10.0. The number of hydrogen-bond acceptors (Lipinski definition) is 3. The second-order valence-corrected chi connectivity index (χ2v) is 4.92. The van der Waals surface area contributed by atoms with Crippen LogP contribution in [0.1, 0.15) is 21.5 Å². The number of hydrogen-bond donors (Lipinski definition) is 1. The second kappa shape index (κ2) is 5.84. The van der Waals surface area contributed by atoms with Gasteiger partial charge in [-0.05, 0) is 29.3 Å². The molecule has 0 fully saturated rings. The molecule has 1 aliphatic heterocycles. The molecule has 0 bridgehead atoms. The van der Waals surface area contributed by atoms with Gasteiger partial charge in [0.15, 0.2) is 0 Å². The maximum Gasteiger partial charge on any atom is 0.254 e. The van der Waals surface area contributed by atoms with Crippen LogP contribution in [-0.4, -0.2) is 28.9 Å². The fourth-order valence-corrected chi connectivity index (χ4v) is 2.45. The van der Waals surface area contributed by atoms with Gasteiger partial charge >= 0.3 is 0 Å². The van der Waals surface area contributed by atoms with E-state index >= 15 is 0 Å². The standard InChI is InChI=1S/C16H17N3O/c20-16-15-4-2-1-3-14(15)11-18-9-10-19(16)12-13-5-7-17-8-6-13/h1-8,18H,9-12H2. The first-order chi connectivity index (χ1) is 9.84. The van der Waals surface area contributed by atoms with Gasteiger partial charge in [-0.15, -0.1) is 0 Å². The van der Waals surface area contributed by atoms with Gasteiger partial charge in [-0.25, -0.2) is 0 Å². The Morgan fingerprint density at radius 2 is 1.95 bits per heavy atom. The Kier molecular flexibility index (Phi) is 3.74. The Hall–Kier alpha value is -2.20. The van der Waals surface area contributed by atoms with Crippen molar-refractivity contribution in [2.24, 2.45) is 0 Å². The van der Waals surface area contributed by atoms with Crippen molar-refractivity contribution in [1.82, 2.24) is 15.2 Å². The highest BCUT2D eigenvalue weighted by atomic mass is 16.2. The highest BCUT2D eigenvalue weighted by Crippen LogP contribution is 2.15. The molecule has 0 unspecified atom stereocenters. The molecule has 2 aromatic rings. The number of aromatic nitrogens is 1. The van der Waals surface area contributed by atoms with Crippen molar-refractivity contribution in [2.45, 2.75) is 13.1 Å². The highest BCUT2D eigenvalue weighted by Gasteiger charge is 2.20. The molecule has 4 heteroatoms. The molecule has 4 nitrogen and oxygen atoms in total. The number of amides is 1. The predicted molar refractivity (Wildman–Crippen MR) is 77.1 cm³/mol. The van der Waals surface area contributed by atoms with Crippen LogP contribution in [0.2, 0.25) is 0 Å². The van der Waals surface area contributed by atoms with E-state index in [0.717, 1.165) is 36.3 Å². The van der Waals surface area contributed by atoms with Crippen molar-refractivity contribution in [3.8, 4) is 0 Å². The molecule has 102 valence electrons. The molecule has 3 rings (SSSR count). The van der Waals surface area contributed by atoms with Crippen molar-refractivity contribution in [3.05, 3.63) is 65.5 Å². The average molecular weight is 267 g/mol. The molecule has 20 heavy (non-hydrogen) atoms. The van der Waals surface area contributed by atoms with Crippen molar-refractivity contribution < 1.29 is 4.79 Å². The number of benzene rings is 1. The number of pyridine rings is 1. The van der Waals surface area contributed by atoms with Crippen LogP contribution in [0.25, 0.3) is 0 Å². The SMILES string of the molecule is O=C1c2ccccc2CNCCN1Cc1ccncc1. The Labute approximate surface area is 118 Å². The van der Waals surface area contributed by atoms with Crippen molar-refractivity contribution in [2.75, 3.05) is 13.1 Å².